The normalized spacial score (nSPS) is 11.2. The van der Waals surface area contributed by atoms with Crippen molar-refractivity contribution in [2.24, 2.45) is 0 Å². The zero-order valence-corrected chi connectivity index (χ0v) is 17.7. The summed E-state index contributed by atoms with van der Waals surface area (Å²) in [4.78, 5) is 14.5. The molecule has 3 rings (SSSR count). The fourth-order valence-corrected chi connectivity index (χ4v) is 4.42. The van der Waals surface area contributed by atoms with E-state index in [-0.39, 0.29) is 10.8 Å². The molecule has 0 radical (unpaired) electrons. The first-order valence-corrected chi connectivity index (χ1v) is 10.7. The highest BCUT2D eigenvalue weighted by Crippen LogP contribution is 2.25. The smallest absolute Gasteiger partial charge is 0.262 e. The molecule has 1 amide bonds. The average Bonchev–Trinajstić information content (AvgIpc) is 2.70. The number of anilines is 2. The fourth-order valence-electron chi connectivity index (χ4n) is 3.03. The number of carbonyl (C=O) groups excluding carboxylic acids is 1. The molecule has 150 valence electrons. The first-order chi connectivity index (χ1) is 13.7. The molecule has 0 atom stereocenters. The second-order valence-electron chi connectivity index (χ2n) is 7.10. The number of aryl methyl sites for hydroxylation is 3. The van der Waals surface area contributed by atoms with Crippen LogP contribution in [0.1, 0.15) is 27.0 Å². The minimum Gasteiger partial charge on any atom is -0.311 e. The van der Waals surface area contributed by atoms with Gasteiger partial charge in [0, 0.05) is 18.3 Å². The highest BCUT2D eigenvalue weighted by atomic mass is 32.2. The van der Waals surface area contributed by atoms with Gasteiger partial charge in [-0.1, -0.05) is 36.4 Å². The Morgan fingerprint density at radius 1 is 0.862 bits per heavy atom. The number of nitrogens with zero attached hydrogens (tertiary/aromatic N) is 1. The van der Waals surface area contributed by atoms with E-state index in [9.17, 15) is 13.2 Å². The number of sulfonamides is 1. The number of para-hydroxylation sites is 1. The van der Waals surface area contributed by atoms with E-state index in [1.165, 1.54) is 11.0 Å². The number of rotatable bonds is 5. The van der Waals surface area contributed by atoms with Crippen LogP contribution in [0.5, 0.6) is 0 Å². The molecule has 0 fully saturated rings. The van der Waals surface area contributed by atoms with Gasteiger partial charge in [0.1, 0.15) is 0 Å². The molecule has 0 bridgehead atoms. The third-order valence-electron chi connectivity index (χ3n) is 4.81. The van der Waals surface area contributed by atoms with Crippen LogP contribution in [0.15, 0.2) is 71.6 Å². The molecule has 0 saturated carbocycles. The summed E-state index contributed by atoms with van der Waals surface area (Å²) in [7, 11) is -2.18. The summed E-state index contributed by atoms with van der Waals surface area (Å²) in [6.07, 6.45) is 0. The van der Waals surface area contributed by atoms with Gasteiger partial charge in [-0.2, -0.15) is 0 Å². The maximum absolute atomic E-state index is 13.1. The van der Waals surface area contributed by atoms with Gasteiger partial charge in [-0.3, -0.25) is 9.52 Å². The molecular formula is C23H24N2O3S. The van der Waals surface area contributed by atoms with Crippen molar-refractivity contribution in [1.82, 2.24) is 0 Å². The fraction of sp³-hybridized carbons (Fsp3) is 0.174. The van der Waals surface area contributed by atoms with E-state index in [1.54, 1.807) is 32.2 Å². The standard InChI is InChI=1S/C23H24N2O3S/c1-16-10-11-17(2)21(14-16)24-29(27,28)22-15-19(13-12-18(22)3)23(26)25(4)20-8-6-5-7-9-20/h5-15,24H,1-4H3. The molecule has 0 heterocycles. The van der Waals surface area contributed by atoms with Crippen molar-refractivity contribution in [1.29, 1.82) is 0 Å². The zero-order valence-electron chi connectivity index (χ0n) is 16.9. The molecule has 0 saturated heterocycles. The molecule has 6 heteroatoms. The maximum atomic E-state index is 13.1. The Hall–Kier alpha value is -3.12. The van der Waals surface area contributed by atoms with Gasteiger partial charge in [0.25, 0.3) is 15.9 Å². The van der Waals surface area contributed by atoms with Gasteiger partial charge in [-0.15, -0.1) is 0 Å². The van der Waals surface area contributed by atoms with Crippen LogP contribution in [-0.4, -0.2) is 21.4 Å². The van der Waals surface area contributed by atoms with Crippen LogP contribution in [0.2, 0.25) is 0 Å². The largest absolute Gasteiger partial charge is 0.311 e. The zero-order chi connectivity index (χ0) is 21.2. The second-order valence-corrected chi connectivity index (χ2v) is 8.75. The molecule has 0 aliphatic rings. The van der Waals surface area contributed by atoms with Crippen LogP contribution in [-0.2, 0) is 10.0 Å². The van der Waals surface area contributed by atoms with Crippen molar-refractivity contribution in [2.45, 2.75) is 25.7 Å². The lowest BCUT2D eigenvalue weighted by Gasteiger charge is -2.18. The molecule has 5 nitrogen and oxygen atoms in total. The predicted octanol–water partition coefficient (Wildman–Crippen LogP) is 4.69. The summed E-state index contributed by atoms with van der Waals surface area (Å²) in [6, 6.07) is 19.5. The van der Waals surface area contributed by atoms with Gasteiger partial charge in [-0.05, 0) is 67.8 Å². The lowest BCUT2D eigenvalue weighted by molar-refractivity contribution is 0.0993. The van der Waals surface area contributed by atoms with Crippen molar-refractivity contribution in [3.05, 3.63) is 89.0 Å². The lowest BCUT2D eigenvalue weighted by Crippen LogP contribution is -2.26. The van der Waals surface area contributed by atoms with E-state index < -0.39 is 10.0 Å². The van der Waals surface area contributed by atoms with Crippen LogP contribution in [0, 0.1) is 20.8 Å². The van der Waals surface area contributed by atoms with Crippen LogP contribution in [0.25, 0.3) is 0 Å². The Bertz CT molecular complexity index is 1160. The molecule has 0 aliphatic carbocycles. The van der Waals surface area contributed by atoms with Crippen LogP contribution >= 0.6 is 0 Å². The molecule has 3 aromatic rings. The van der Waals surface area contributed by atoms with Gasteiger partial charge in [0.15, 0.2) is 0 Å². The monoisotopic (exact) mass is 408 g/mol. The van der Waals surface area contributed by atoms with Crippen molar-refractivity contribution in [2.75, 3.05) is 16.7 Å². The van der Waals surface area contributed by atoms with Gasteiger partial charge in [-0.25, -0.2) is 8.42 Å². The molecule has 0 aliphatic heterocycles. The van der Waals surface area contributed by atoms with Crippen molar-refractivity contribution in [3.8, 4) is 0 Å². The van der Waals surface area contributed by atoms with Gasteiger partial charge >= 0.3 is 0 Å². The number of hydrogen-bond acceptors (Lipinski definition) is 3. The Kier molecular flexibility index (Phi) is 5.75. The third-order valence-corrected chi connectivity index (χ3v) is 6.32. The Balaban J connectivity index is 1.96. The van der Waals surface area contributed by atoms with E-state index in [4.69, 9.17) is 0 Å². The summed E-state index contributed by atoms with van der Waals surface area (Å²) in [6.45, 7) is 5.47. The number of hydrogen-bond donors (Lipinski definition) is 1. The molecule has 3 aromatic carbocycles. The van der Waals surface area contributed by atoms with Crippen LogP contribution < -0.4 is 9.62 Å². The second kappa shape index (κ2) is 8.09. The van der Waals surface area contributed by atoms with Crippen LogP contribution in [0.4, 0.5) is 11.4 Å². The lowest BCUT2D eigenvalue weighted by atomic mass is 10.1. The maximum Gasteiger partial charge on any atom is 0.262 e. The minimum absolute atomic E-state index is 0.0886. The molecule has 29 heavy (non-hydrogen) atoms. The SMILES string of the molecule is Cc1ccc(C)c(NS(=O)(=O)c2cc(C(=O)N(C)c3ccccc3)ccc2C)c1. The summed E-state index contributed by atoms with van der Waals surface area (Å²) < 4.78 is 28.8. The number of benzene rings is 3. The quantitative estimate of drug-likeness (QED) is 0.666. The van der Waals surface area contributed by atoms with E-state index in [0.29, 0.717) is 16.8 Å². The summed E-state index contributed by atoms with van der Waals surface area (Å²) >= 11 is 0. The topological polar surface area (TPSA) is 66.5 Å². The van der Waals surface area contributed by atoms with E-state index in [2.05, 4.69) is 4.72 Å². The Morgan fingerprint density at radius 2 is 1.52 bits per heavy atom. The molecule has 0 unspecified atom stereocenters. The molecule has 0 aromatic heterocycles. The Labute approximate surface area is 172 Å². The van der Waals surface area contributed by atoms with Crippen molar-refractivity contribution >= 4 is 27.3 Å². The van der Waals surface area contributed by atoms with Crippen LogP contribution in [0.3, 0.4) is 0 Å². The minimum atomic E-state index is -3.85. The van der Waals surface area contributed by atoms with Gasteiger partial charge < -0.3 is 4.90 Å². The summed E-state index contributed by atoms with van der Waals surface area (Å²) in [5.74, 6) is -0.278. The van der Waals surface area contributed by atoms with E-state index in [0.717, 1.165) is 16.8 Å². The molecule has 0 spiro atoms. The van der Waals surface area contributed by atoms with E-state index >= 15 is 0 Å². The van der Waals surface area contributed by atoms with Gasteiger partial charge in [0.2, 0.25) is 0 Å². The third kappa shape index (κ3) is 4.49. The predicted molar refractivity (Wildman–Crippen MR) is 117 cm³/mol. The first kappa shape index (κ1) is 20.6. The molecular weight excluding hydrogens is 384 g/mol. The first-order valence-electron chi connectivity index (χ1n) is 9.23. The Morgan fingerprint density at radius 3 is 2.21 bits per heavy atom. The number of nitrogens with one attached hydrogen (secondary N) is 1. The highest BCUT2D eigenvalue weighted by molar-refractivity contribution is 7.92. The summed E-state index contributed by atoms with van der Waals surface area (Å²) in [5.41, 5.74) is 3.93. The summed E-state index contributed by atoms with van der Waals surface area (Å²) in [5, 5.41) is 0. The average molecular weight is 409 g/mol. The van der Waals surface area contributed by atoms with Crippen molar-refractivity contribution in [3.63, 3.8) is 0 Å². The van der Waals surface area contributed by atoms with E-state index in [1.807, 2.05) is 56.3 Å². The molecule has 1 N–H and O–H groups in total. The van der Waals surface area contributed by atoms with Crippen molar-refractivity contribution < 1.29 is 13.2 Å². The highest BCUT2D eigenvalue weighted by Gasteiger charge is 2.21. The number of amides is 1. The number of carbonyl (C=O) groups is 1. The van der Waals surface area contributed by atoms with Gasteiger partial charge in [0.05, 0.1) is 10.6 Å².